The highest BCUT2D eigenvalue weighted by atomic mass is 16.3. The van der Waals surface area contributed by atoms with E-state index in [1.54, 1.807) is 12.1 Å². The Bertz CT molecular complexity index is 556. The van der Waals surface area contributed by atoms with Crippen LogP contribution in [0.1, 0.15) is 25.6 Å². The number of piperidine rings is 1. The van der Waals surface area contributed by atoms with Gasteiger partial charge in [0, 0.05) is 18.7 Å². The Balaban J connectivity index is 1.72. The second kappa shape index (κ2) is 5.21. The SMILES string of the molecule is CCN1CCC(Cc2ncc3cc(O)ccn23)CC1. The van der Waals surface area contributed by atoms with Crippen LogP contribution in [0.2, 0.25) is 0 Å². The van der Waals surface area contributed by atoms with E-state index >= 15 is 0 Å². The minimum atomic E-state index is 0.301. The molecule has 0 saturated carbocycles. The molecule has 0 aromatic carbocycles. The lowest BCUT2D eigenvalue weighted by Gasteiger charge is -2.30. The normalized spacial score (nSPS) is 18.2. The summed E-state index contributed by atoms with van der Waals surface area (Å²) in [4.78, 5) is 7.02. The molecule has 1 saturated heterocycles. The summed E-state index contributed by atoms with van der Waals surface area (Å²) in [5.41, 5.74) is 0.973. The van der Waals surface area contributed by atoms with Gasteiger partial charge in [0.1, 0.15) is 11.6 Å². The third-order valence-corrected chi connectivity index (χ3v) is 4.22. The van der Waals surface area contributed by atoms with Gasteiger partial charge in [-0.1, -0.05) is 6.92 Å². The van der Waals surface area contributed by atoms with E-state index in [-0.39, 0.29) is 0 Å². The third kappa shape index (κ3) is 2.59. The predicted octanol–water partition coefficient (Wildman–Crippen LogP) is 2.31. The van der Waals surface area contributed by atoms with Crippen molar-refractivity contribution in [2.24, 2.45) is 5.92 Å². The molecule has 0 unspecified atom stereocenters. The third-order valence-electron chi connectivity index (χ3n) is 4.22. The molecule has 1 fully saturated rings. The lowest BCUT2D eigenvalue weighted by Crippen LogP contribution is -2.34. The predicted molar refractivity (Wildman–Crippen MR) is 75.4 cm³/mol. The van der Waals surface area contributed by atoms with Crippen molar-refractivity contribution in [3.05, 3.63) is 30.4 Å². The molecule has 3 heterocycles. The fraction of sp³-hybridized carbons (Fsp3) is 0.533. The molecular weight excluding hydrogens is 238 g/mol. The van der Waals surface area contributed by atoms with Crippen molar-refractivity contribution in [2.45, 2.75) is 26.2 Å². The van der Waals surface area contributed by atoms with Gasteiger partial charge in [-0.25, -0.2) is 4.98 Å². The van der Waals surface area contributed by atoms with Gasteiger partial charge in [0.15, 0.2) is 0 Å². The van der Waals surface area contributed by atoms with E-state index < -0.39 is 0 Å². The molecule has 1 N–H and O–H groups in total. The van der Waals surface area contributed by atoms with Gasteiger partial charge in [0.25, 0.3) is 0 Å². The van der Waals surface area contributed by atoms with Crippen molar-refractivity contribution >= 4 is 5.52 Å². The molecule has 1 aliphatic rings. The van der Waals surface area contributed by atoms with Gasteiger partial charge in [0.05, 0.1) is 11.7 Å². The Morgan fingerprint density at radius 2 is 2.16 bits per heavy atom. The number of imidazole rings is 1. The van der Waals surface area contributed by atoms with E-state index in [0.717, 1.165) is 30.2 Å². The van der Waals surface area contributed by atoms with Crippen LogP contribution in [0.3, 0.4) is 0 Å². The molecule has 0 atom stereocenters. The monoisotopic (exact) mass is 259 g/mol. The van der Waals surface area contributed by atoms with Gasteiger partial charge in [-0.3, -0.25) is 0 Å². The summed E-state index contributed by atoms with van der Waals surface area (Å²) in [5, 5.41) is 9.47. The first-order chi connectivity index (χ1) is 9.26. The molecule has 19 heavy (non-hydrogen) atoms. The Hall–Kier alpha value is -1.55. The molecule has 0 aliphatic carbocycles. The first-order valence-electron chi connectivity index (χ1n) is 7.13. The standard InChI is InChI=1S/C15H21N3O/c1-2-17-6-3-12(4-7-17)9-15-16-11-13-10-14(19)5-8-18(13)15/h5,8,10-12,19H,2-4,6-7,9H2,1H3. The second-order valence-electron chi connectivity index (χ2n) is 5.44. The number of likely N-dealkylation sites (tertiary alicyclic amines) is 1. The zero-order chi connectivity index (χ0) is 13.2. The van der Waals surface area contributed by atoms with Gasteiger partial charge in [-0.2, -0.15) is 0 Å². The molecule has 0 spiro atoms. The average Bonchev–Trinajstić information content (AvgIpc) is 2.82. The maximum Gasteiger partial charge on any atom is 0.119 e. The topological polar surface area (TPSA) is 40.8 Å². The van der Waals surface area contributed by atoms with E-state index in [1.165, 1.54) is 25.9 Å². The Labute approximate surface area is 113 Å². The van der Waals surface area contributed by atoms with Crippen molar-refractivity contribution in [3.8, 4) is 5.75 Å². The molecule has 1 aliphatic heterocycles. The van der Waals surface area contributed by atoms with Gasteiger partial charge in [0.2, 0.25) is 0 Å². The molecule has 0 bridgehead atoms. The smallest absolute Gasteiger partial charge is 0.119 e. The molecule has 2 aromatic heterocycles. The van der Waals surface area contributed by atoms with Crippen LogP contribution in [-0.2, 0) is 6.42 Å². The van der Waals surface area contributed by atoms with Crippen molar-refractivity contribution in [1.29, 1.82) is 0 Å². The Kier molecular flexibility index (Phi) is 3.42. The number of nitrogens with zero attached hydrogens (tertiary/aromatic N) is 3. The summed E-state index contributed by atoms with van der Waals surface area (Å²) in [6.45, 7) is 5.82. The van der Waals surface area contributed by atoms with Crippen LogP contribution in [-0.4, -0.2) is 39.0 Å². The van der Waals surface area contributed by atoms with E-state index in [0.29, 0.717) is 5.75 Å². The first kappa shape index (κ1) is 12.5. The van der Waals surface area contributed by atoms with E-state index in [1.807, 2.05) is 12.4 Å². The average molecular weight is 259 g/mol. The molecule has 4 nitrogen and oxygen atoms in total. The minimum absolute atomic E-state index is 0.301. The highest BCUT2D eigenvalue weighted by Crippen LogP contribution is 2.22. The summed E-state index contributed by atoms with van der Waals surface area (Å²) in [6, 6.07) is 3.48. The van der Waals surface area contributed by atoms with Crippen LogP contribution in [0.5, 0.6) is 5.75 Å². The maximum atomic E-state index is 9.47. The summed E-state index contributed by atoms with van der Waals surface area (Å²) < 4.78 is 2.09. The molecular formula is C15H21N3O. The van der Waals surface area contributed by atoms with Gasteiger partial charge >= 0.3 is 0 Å². The number of aromatic hydroxyl groups is 1. The molecule has 0 radical (unpaired) electrons. The fourth-order valence-electron chi connectivity index (χ4n) is 2.96. The van der Waals surface area contributed by atoms with Crippen LogP contribution < -0.4 is 0 Å². The van der Waals surface area contributed by atoms with E-state index in [9.17, 15) is 5.11 Å². The number of fused-ring (bicyclic) bond motifs is 1. The van der Waals surface area contributed by atoms with E-state index in [2.05, 4.69) is 21.2 Å². The summed E-state index contributed by atoms with van der Waals surface area (Å²) in [6.07, 6.45) is 7.32. The van der Waals surface area contributed by atoms with Crippen LogP contribution in [0.4, 0.5) is 0 Å². The summed E-state index contributed by atoms with van der Waals surface area (Å²) in [5.74, 6) is 2.15. The second-order valence-corrected chi connectivity index (χ2v) is 5.44. The quantitative estimate of drug-likeness (QED) is 0.919. The number of pyridine rings is 1. The lowest BCUT2D eigenvalue weighted by atomic mass is 9.93. The van der Waals surface area contributed by atoms with E-state index in [4.69, 9.17) is 0 Å². The number of hydrogen-bond donors (Lipinski definition) is 1. The van der Waals surface area contributed by atoms with Gasteiger partial charge < -0.3 is 14.4 Å². The molecule has 0 amide bonds. The molecule has 2 aromatic rings. The van der Waals surface area contributed by atoms with Crippen LogP contribution >= 0.6 is 0 Å². The number of aromatic nitrogens is 2. The highest BCUT2D eigenvalue weighted by molar-refractivity contribution is 5.50. The van der Waals surface area contributed by atoms with Crippen molar-refractivity contribution in [1.82, 2.24) is 14.3 Å². The van der Waals surface area contributed by atoms with Crippen LogP contribution in [0.25, 0.3) is 5.52 Å². The molecule has 102 valence electrons. The Morgan fingerprint density at radius 3 is 2.89 bits per heavy atom. The van der Waals surface area contributed by atoms with Crippen molar-refractivity contribution < 1.29 is 5.11 Å². The zero-order valence-electron chi connectivity index (χ0n) is 11.4. The van der Waals surface area contributed by atoms with Gasteiger partial charge in [-0.15, -0.1) is 0 Å². The highest BCUT2D eigenvalue weighted by Gasteiger charge is 2.19. The molecule has 3 rings (SSSR count). The largest absolute Gasteiger partial charge is 0.508 e. The summed E-state index contributed by atoms with van der Waals surface area (Å²) >= 11 is 0. The lowest BCUT2D eigenvalue weighted by molar-refractivity contribution is 0.191. The zero-order valence-corrected chi connectivity index (χ0v) is 11.4. The van der Waals surface area contributed by atoms with Crippen molar-refractivity contribution in [2.75, 3.05) is 19.6 Å². The van der Waals surface area contributed by atoms with Crippen LogP contribution in [0.15, 0.2) is 24.5 Å². The molecule has 4 heteroatoms. The Morgan fingerprint density at radius 1 is 1.37 bits per heavy atom. The maximum absolute atomic E-state index is 9.47. The van der Waals surface area contributed by atoms with Crippen LogP contribution in [0, 0.1) is 5.92 Å². The minimum Gasteiger partial charge on any atom is -0.508 e. The fourth-order valence-corrected chi connectivity index (χ4v) is 2.96. The number of rotatable bonds is 3. The summed E-state index contributed by atoms with van der Waals surface area (Å²) in [7, 11) is 0. The first-order valence-corrected chi connectivity index (χ1v) is 7.13. The van der Waals surface area contributed by atoms with Gasteiger partial charge in [-0.05, 0) is 44.5 Å². The number of hydrogen-bond acceptors (Lipinski definition) is 3. The van der Waals surface area contributed by atoms with Crippen molar-refractivity contribution in [3.63, 3.8) is 0 Å².